The molecule has 0 amide bonds. The molecule has 1 heterocycles. The number of hydrogen-bond acceptors (Lipinski definition) is 3. The lowest BCUT2D eigenvalue weighted by Crippen LogP contribution is -2.21. The quantitative estimate of drug-likeness (QED) is 0.688. The van der Waals surface area contributed by atoms with Crippen LogP contribution in [-0.2, 0) is 6.54 Å². The highest BCUT2D eigenvalue weighted by Crippen LogP contribution is 2.31. The van der Waals surface area contributed by atoms with Crippen molar-refractivity contribution in [3.63, 3.8) is 0 Å². The van der Waals surface area contributed by atoms with E-state index in [1.807, 2.05) is 24.3 Å². The van der Waals surface area contributed by atoms with Gasteiger partial charge in [-0.25, -0.2) is 0 Å². The van der Waals surface area contributed by atoms with Crippen LogP contribution in [-0.4, -0.2) is 32.6 Å². The van der Waals surface area contributed by atoms with Gasteiger partial charge in [-0.2, -0.15) is 0 Å². The van der Waals surface area contributed by atoms with Crippen LogP contribution in [0.5, 0.6) is 0 Å². The van der Waals surface area contributed by atoms with Gasteiger partial charge in [0.2, 0.25) is 0 Å². The average Bonchev–Trinajstić information content (AvgIpc) is 2.86. The minimum absolute atomic E-state index is 0.462. The Hall–Kier alpha value is -1.88. The standard InChI is InChI=1S/C17H19NO3/c1-2-18-14-6-4-3-5-12(14)13-9-11(7-8-15(13)18)17(21)16(20)10-19/h3-9,16-17,19-21H,2,10H2,1H3. The fraction of sp³-hybridized carbons (Fsp3) is 0.294. The van der Waals surface area contributed by atoms with Crippen molar-refractivity contribution in [2.45, 2.75) is 25.7 Å². The molecule has 110 valence electrons. The van der Waals surface area contributed by atoms with Gasteiger partial charge in [-0.05, 0) is 30.7 Å². The lowest BCUT2D eigenvalue weighted by molar-refractivity contribution is -0.0152. The van der Waals surface area contributed by atoms with Gasteiger partial charge in [-0.15, -0.1) is 0 Å². The molecule has 0 bridgehead atoms. The number of aliphatic hydroxyl groups excluding tert-OH is 3. The summed E-state index contributed by atoms with van der Waals surface area (Å²) in [6.45, 7) is 2.51. The number of rotatable bonds is 4. The molecule has 2 unspecified atom stereocenters. The van der Waals surface area contributed by atoms with Crippen LogP contribution in [0.2, 0.25) is 0 Å². The van der Waals surface area contributed by atoms with E-state index in [1.54, 1.807) is 6.07 Å². The lowest BCUT2D eigenvalue weighted by Gasteiger charge is -2.16. The maximum Gasteiger partial charge on any atom is 0.107 e. The minimum Gasteiger partial charge on any atom is -0.394 e. The number of aromatic nitrogens is 1. The Balaban J connectivity index is 2.24. The molecular weight excluding hydrogens is 266 g/mol. The van der Waals surface area contributed by atoms with Crippen molar-refractivity contribution in [2.24, 2.45) is 0 Å². The molecule has 1 aromatic heterocycles. The number of fused-ring (bicyclic) bond motifs is 3. The molecule has 0 aliphatic rings. The van der Waals surface area contributed by atoms with E-state index in [9.17, 15) is 10.2 Å². The second-order valence-electron chi connectivity index (χ2n) is 5.23. The SMILES string of the molecule is CCn1c2ccccc2c2cc(C(O)C(O)CO)ccc21. The van der Waals surface area contributed by atoms with Gasteiger partial charge >= 0.3 is 0 Å². The fourth-order valence-corrected chi connectivity index (χ4v) is 2.92. The van der Waals surface area contributed by atoms with Crippen molar-refractivity contribution in [3.8, 4) is 0 Å². The van der Waals surface area contributed by atoms with Crippen LogP contribution < -0.4 is 0 Å². The zero-order valence-corrected chi connectivity index (χ0v) is 11.9. The Morgan fingerprint density at radius 2 is 1.71 bits per heavy atom. The predicted octanol–water partition coefficient (Wildman–Crippen LogP) is 2.20. The van der Waals surface area contributed by atoms with E-state index in [0.717, 1.165) is 28.4 Å². The zero-order valence-electron chi connectivity index (χ0n) is 11.9. The Bertz CT molecular complexity index is 778. The summed E-state index contributed by atoms with van der Waals surface area (Å²) in [5, 5.41) is 30.8. The van der Waals surface area contributed by atoms with Crippen LogP contribution in [0.15, 0.2) is 42.5 Å². The highest BCUT2D eigenvalue weighted by atomic mass is 16.4. The van der Waals surface area contributed by atoms with Gasteiger partial charge in [-0.1, -0.05) is 24.3 Å². The van der Waals surface area contributed by atoms with E-state index in [1.165, 1.54) is 0 Å². The maximum absolute atomic E-state index is 10.1. The number of aliphatic hydroxyl groups is 3. The van der Waals surface area contributed by atoms with E-state index in [2.05, 4.69) is 23.6 Å². The summed E-state index contributed by atoms with van der Waals surface area (Å²) in [4.78, 5) is 0. The maximum atomic E-state index is 10.1. The van der Waals surface area contributed by atoms with E-state index in [0.29, 0.717) is 5.56 Å². The third-order valence-corrected chi connectivity index (χ3v) is 4.01. The lowest BCUT2D eigenvalue weighted by atomic mass is 10.0. The zero-order chi connectivity index (χ0) is 15.0. The Morgan fingerprint density at radius 3 is 2.43 bits per heavy atom. The summed E-state index contributed by atoms with van der Waals surface area (Å²) in [5.41, 5.74) is 2.88. The number of hydrogen-bond donors (Lipinski definition) is 3. The minimum atomic E-state index is -1.16. The normalized spacial score (nSPS) is 14.7. The van der Waals surface area contributed by atoms with E-state index >= 15 is 0 Å². The summed E-state index contributed by atoms with van der Waals surface area (Å²) >= 11 is 0. The number of benzene rings is 2. The molecule has 0 radical (unpaired) electrons. The Kier molecular flexibility index (Phi) is 3.68. The molecular formula is C17H19NO3. The van der Waals surface area contributed by atoms with Crippen LogP contribution in [0.25, 0.3) is 21.8 Å². The molecule has 3 aromatic rings. The first-order valence-electron chi connectivity index (χ1n) is 7.15. The molecule has 4 heteroatoms. The molecule has 0 spiro atoms. The van der Waals surface area contributed by atoms with E-state index in [4.69, 9.17) is 5.11 Å². The van der Waals surface area contributed by atoms with E-state index in [-0.39, 0.29) is 0 Å². The van der Waals surface area contributed by atoms with Crippen molar-refractivity contribution >= 4 is 21.8 Å². The summed E-state index contributed by atoms with van der Waals surface area (Å²) in [6.07, 6.45) is -2.25. The largest absolute Gasteiger partial charge is 0.394 e. The van der Waals surface area contributed by atoms with Crippen LogP contribution in [0.3, 0.4) is 0 Å². The molecule has 3 N–H and O–H groups in total. The van der Waals surface area contributed by atoms with Crippen molar-refractivity contribution in [1.29, 1.82) is 0 Å². The van der Waals surface area contributed by atoms with Crippen molar-refractivity contribution in [2.75, 3.05) is 6.61 Å². The second-order valence-corrected chi connectivity index (χ2v) is 5.23. The average molecular weight is 285 g/mol. The first-order chi connectivity index (χ1) is 10.2. The van der Waals surface area contributed by atoms with Crippen LogP contribution >= 0.6 is 0 Å². The topological polar surface area (TPSA) is 65.6 Å². The summed E-state index contributed by atoms with van der Waals surface area (Å²) in [6, 6.07) is 13.8. The number of nitrogens with zero attached hydrogens (tertiary/aromatic N) is 1. The fourth-order valence-electron chi connectivity index (χ4n) is 2.92. The Morgan fingerprint density at radius 1 is 1.00 bits per heavy atom. The first kappa shape index (κ1) is 14.1. The molecule has 2 atom stereocenters. The summed E-state index contributed by atoms with van der Waals surface area (Å²) in [7, 11) is 0. The van der Waals surface area contributed by atoms with E-state index < -0.39 is 18.8 Å². The smallest absolute Gasteiger partial charge is 0.107 e. The van der Waals surface area contributed by atoms with Crippen molar-refractivity contribution < 1.29 is 15.3 Å². The van der Waals surface area contributed by atoms with Crippen molar-refractivity contribution in [1.82, 2.24) is 4.57 Å². The van der Waals surface area contributed by atoms with Crippen LogP contribution in [0.4, 0.5) is 0 Å². The molecule has 0 aliphatic carbocycles. The second kappa shape index (κ2) is 5.48. The molecule has 0 fully saturated rings. The van der Waals surface area contributed by atoms with Gasteiger partial charge in [-0.3, -0.25) is 0 Å². The van der Waals surface area contributed by atoms with Gasteiger partial charge in [0.05, 0.1) is 6.61 Å². The van der Waals surface area contributed by atoms with Gasteiger partial charge in [0.15, 0.2) is 0 Å². The molecule has 4 nitrogen and oxygen atoms in total. The van der Waals surface area contributed by atoms with Crippen molar-refractivity contribution in [3.05, 3.63) is 48.0 Å². The summed E-state index contributed by atoms with van der Waals surface area (Å²) in [5.74, 6) is 0. The molecule has 0 saturated heterocycles. The third-order valence-electron chi connectivity index (χ3n) is 4.01. The molecule has 2 aromatic carbocycles. The number of aryl methyl sites for hydroxylation is 1. The third kappa shape index (κ3) is 2.21. The van der Waals surface area contributed by atoms with Gasteiger partial charge in [0.1, 0.15) is 12.2 Å². The van der Waals surface area contributed by atoms with Gasteiger partial charge in [0, 0.05) is 28.4 Å². The monoisotopic (exact) mass is 285 g/mol. The molecule has 3 rings (SSSR count). The summed E-state index contributed by atoms with van der Waals surface area (Å²) < 4.78 is 2.23. The Labute approximate surface area is 122 Å². The molecule has 0 saturated carbocycles. The van der Waals surface area contributed by atoms with Gasteiger partial charge in [0.25, 0.3) is 0 Å². The number of para-hydroxylation sites is 1. The first-order valence-corrected chi connectivity index (χ1v) is 7.15. The van der Waals surface area contributed by atoms with Crippen LogP contribution in [0, 0.1) is 0 Å². The molecule has 21 heavy (non-hydrogen) atoms. The highest BCUT2D eigenvalue weighted by molar-refractivity contribution is 6.08. The predicted molar refractivity (Wildman–Crippen MR) is 83.2 cm³/mol. The van der Waals surface area contributed by atoms with Crippen LogP contribution in [0.1, 0.15) is 18.6 Å². The highest BCUT2D eigenvalue weighted by Gasteiger charge is 2.19. The molecule has 0 aliphatic heterocycles. The van der Waals surface area contributed by atoms with Gasteiger partial charge < -0.3 is 19.9 Å².